The highest BCUT2D eigenvalue weighted by molar-refractivity contribution is 5.81. The van der Waals surface area contributed by atoms with E-state index in [0.717, 1.165) is 30.9 Å². The first-order valence-corrected chi connectivity index (χ1v) is 6.10. The summed E-state index contributed by atoms with van der Waals surface area (Å²) in [6.07, 6.45) is 2.72. The second-order valence-electron chi connectivity index (χ2n) is 4.70. The van der Waals surface area contributed by atoms with Crippen LogP contribution in [-0.2, 0) is 4.79 Å². The molecular formula is C12H19N5O. The standard InChI is InChI=1S/C12H19N5O/c1-9-7-14-12(15-11(9)16(2)3)17-6-4-5-13-10(18)8-17/h7H,4-6,8H2,1-3H3,(H,13,18). The number of amides is 1. The SMILES string of the molecule is Cc1cnc(N2CCCNC(=O)C2)nc1N(C)C. The maximum atomic E-state index is 11.5. The van der Waals surface area contributed by atoms with E-state index in [0.29, 0.717) is 12.5 Å². The summed E-state index contributed by atoms with van der Waals surface area (Å²) < 4.78 is 0. The Bertz CT molecular complexity index is 446. The van der Waals surface area contributed by atoms with Crippen LogP contribution in [0.15, 0.2) is 6.20 Å². The second-order valence-corrected chi connectivity index (χ2v) is 4.70. The molecule has 0 radical (unpaired) electrons. The molecule has 1 N–H and O–H groups in total. The molecule has 1 aromatic heterocycles. The zero-order chi connectivity index (χ0) is 13.1. The van der Waals surface area contributed by atoms with Gasteiger partial charge in [0, 0.05) is 38.9 Å². The first-order chi connectivity index (χ1) is 8.58. The number of aryl methyl sites for hydroxylation is 1. The molecule has 6 nitrogen and oxygen atoms in total. The van der Waals surface area contributed by atoms with E-state index in [4.69, 9.17) is 0 Å². The average Bonchev–Trinajstić information content (AvgIpc) is 2.54. The fraction of sp³-hybridized carbons (Fsp3) is 0.583. The number of hydrogen-bond acceptors (Lipinski definition) is 5. The third kappa shape index (κ3) is 2.69. The number of anilines is 2. The zero-order valence-corrected chi connectivity index (χ0v) is 11.1. The maximum Gasteiger partial charge on any atom is 0.239 e. The summed E-state index contributed by atoms with van der Waals surface area (Å²) in [5.74, 6) is 1.55. The topological polar surface area (TPSA) is 61.4 Å². The predicted molar refractivity (Wildman–Crippen MR) is 70.9 cm³/mol. The van der Waals surface area contributed by atoms with E-state index < -0.39 is 0 Å². The van der Waals surface area contributed by atoms with Gasteiger partial charge in [-0.2, -0.15) is 4.98 Å². The Hall–Kier alpha value is -1.85. The fourth-order valence-corrected chi connectivity index (χ4v) is 2.01. The number of carbonyl (C=O) groups excluding carboxylic acids is 1. The highest BCUT2D eigenvalue weighted by atomic mass is 16.2. The molecule has 0 bridgehead atoms. The van der Waals surface area contributed by atoms with Gasteiger partial charge in [0.25, 0.3) is 0 Å². The molecule has 1 saturated heterocycles. The van der Waals surface area contributed by atoms with Crippen molar-refractivity contribution in [2.75, 3.05) is 43.5 Å². The molecule has 1 aliphatic heterocycles. The number of rotatable bonds is 2. The molecule has 1 aliphatic rings. The van der Waals surface area contributed by atoms with Crippen LogP contribution in [0.5, 0.6) is 0 Å². The van der Waals surface area contributed by atoms with Gasteiger partial charge in [0.15, 0.2) is 0 Å². The molecule has 18 heavy (non-hydrogen) atoms. The first kappa shape index (κ1) is 12.6. The van der Waals surface area contributed by atoms with Crippen molar-refractivity contribution in [1.82, 2.24) is 15.3 Å². The minimum Gasteiger partial charge on any atom is -0.362 e. The van der Waals surface area contributed by atoms with E-state index in [1.807, 2.05) is 30.8 Å². The van der Waals surface area contributed by atoms with Crippen LogP contribution in [0.1, 0.15) is 12.0 Å². The molecule has 1 fully saturated rings. The summed E-state index contributed by atoms with van der Waals surface area (Å²) in [6, 6.07) is 0. The van der Waals surface area contributed by atoms with Crippen LogP contribution in [0.25, 0.3) is 0 Å². The van der Waals surface area contributed by atoms with Gasteiger partial charge in [0.05, 0.1) is 6.54 Å². The molecule has 0 aromatic carbocycles. The molecule has 1 aromatic rings. The Morgan fingerprint density at radius 3 is 2.94 bits per heavy atom. The van der Waals surface area contributed by atoms with Gasteiger partial charge in [-0.3, -0.25) is 4.79 Å². The highest BCUT2D eigenvalue weighted by Gasteiger charge is 2.18. The fourth-order valence-electron chi connectivity index (χ4n) is 2.01. The Balaban J connectivity index is 2.26. The summed E-state index contributed by atoms with van der Waals surface area (Å²) in [5, 5.41) is 2.85. The summed E-state index contributed by atoms with van der Waals surface area (Å²) in [6.45, 7) is 3.83. The van der Waals surface area contributed by atoms with Crippen molar-refractivity contribution in [3.8, 4) is 0 Å². The molecule has 2 heterocycles. The Morgan fingerprint density at radius 2 is 2.22 bits per heavy atom. The number of aromatic nitrogens is 2. The van der Waals surface area contributed by atoms with Crippen LogP contribution in [-0.4, -0.2) is 49.6 Å². The maximum absolute atomic E-state index is 11.5. The van der Waals surface area contributed by atoms with Crippen LogP contribution in [0, 0.1) is 6.92 Å². The van der Waals surface area contributed by atoms with Gasteiger partial charge in [-0.05, 0) is 13.3 Å². The summed E-state index contributed by atoms with van der Waals surface area (Å²) in [7, 11) is 3.91. The lowest BCUT2D eigenvalue weighted by atomic mass is 10.3. The lowest BCUT2D eigenvalue weighted by Crippen LogP contribution is -2.34. The molecule has 0 saturated carbocycles. The largest absolute Gasteiger partial charge is 0.362 e. The normalized spacial score (nSPS) is 16.2. The number of hydrogen-bond donors (Lipinski definition) is 1. The van der Waals surface area contributed by atoms with Gasteiger partial charge >= 0.3 is 0 Å². The smallest absolute Gasteiger partial charge is 0.239 e. The molecule has 0 unspecified atom stereocenters. The molecule has 6 heteroatoms. The van der Waals surface area contributed by atoms with Crippen LogP contribution in [0.3, 0.4) is 0 Å². The highest BCUT2D eigenvalue weighted by Crippen LogP contribution is 2.18. The number of nitrogens with one attached hydrogen (secondary N) is 1. The van der Waals surface area contributed by atoms with Crippen LogP contribution < -0.4 is 15.1 Å². The lowest BCUT2D eigenvalue weighted by molar-refractivity contribution is -0.119. The van der Waals surface area contributed by atoms with Crippen molar-refractivity contribution in [3.63, 3.8) is 0 Å². The van der Waals surface area contributed by atoms with Gasteiger partial charge in [0.2, 0.25) is 11.9 Å². The van der Waals surface area contributed by atoms with Crippen LogP contribution >= 0.6 is 0 Å². The summed E-state index contributed by atoms with van der Waals surface area (Å²) in [5.41, 5.74) is 1.03. The first-order valence-electron chi connectivity index (χ1n) is 6.10. The van der Waals surface area contributed by atoms with E-state index in [9.17, 15) is 4.79 Å². The average molecular weight is 249 g/mol. The van der Waals surface area contributed by atoms with Crippen molar-refractivity contribution in [3.05, 3.63) is 11.8 Å². The summed E-state index contributed by atoms with van der Waals surface area (Å²) in [4.78, 5) is 24.3. The van der Waals surface area contributed by atoms with Crippen molar-refractivity contribution in [2.24, 2.45) is 0 Å². The van der Waals surface area contributed by atoms with E-state index in [-0.39, 0.29) is 5.91 Å². The van der Waals surface area contributed by atoms with Crippen molar-refractivity contribution in [1.29, 1.82) is 0 Å². The van der Waals surface area contributed by atoms with Crippen LogP contribution in [0.2, 0.25) is 0 Å². The Kier molecular flexibility index (Phi) is 3.64. The molecule has 98 valence electrons. The van der Waals surface area contributed by atoms with Gasteiger partial charge in [-0.25, -0.2) is 4.98 Å². The monoisotopic (exact) mass is 249 g/mol. The third-order valence-electron chi connectivity index (χ3n) is 2.90. The van der Waals surface area contributed by atoms with E-state index in [1.54, 1.807) is 6.20 Å². The van der Waals surface area contributed by atoms with Gasteiger partial charge in [-0.1, -0.05) is 0 Å². The minimum absolute atomic E-state index is 0.0306. The number of carbonyl (C=O) groups is 1. The molecule has 2 rings (SSSR count). The van der Waals surface area contributed by atoms with Gasteiger partial charge in [-0.15, -0.1) is 0 Å². The molecule has 0 spiro atoms. The Morgan fingerprint density at radius 1 is 1.44 bits per heavy atom. The zero-order valence-electron chi connectivity index (χ0n) is 11.1. The Labute approximate surface area is 107 Å². The predicted octanol–water partition coefficient (Wildman–Crippen LogP) is 0.177. The van der Waals surface area contributed by atoms with Gasteiger partial charge < -0.3 is 15.1 Å². The molecular weight excluding hydrogens is 230 g/mol. The lowest BCUT2D eigenvalue weighted by Gasteiger charge is -2.21. The minimum atomic E-state index is 0.0306. The molecule has 0 aliphatic carbocycles. The third-order valence-corrected chi connectivity index (χ3v) is 2.90. The quantitative estimate of drug-likeness (QED) is 0.810. The summed E-state index contributed by atoms with van der Waals surface area (Å²) >= 11 is 0. The second kappa shape index (κ2) is 5.20. The van der Waals surface area contributed by atoms with Crippen molar-refractivity contribution < 1.29 is 4.79 Å². The van der Waals surface area contributed by atoms with E-state index in [1.165, 1.54) is 0 Å². The van der Waals surface area contributed by atoms with Crippen molar-refractivity contribution >= 4 is 17.7 Å². The number of nitrogens with zero attached hydrogens (tertiary/aromatic N) is 4. The van der Waals surface area contributed by atoms with Gasteiger partial charge in [0.1, 0.15) is 5.82 Å². The van der Waals surface area contributed by atoms with E-state index in [2.05, 4.69) is 15.3 Å². The van der Waals surface area contributed by atoms with Crippen LogP contribution in [0.4, 0.5) is 11.8 Å². The van der Waals surface area contributed by atoms with Crippen molar-refractivity contribution in [2.45, 2.75) is 13.3 Å². The molecule has 0 atom stereocenters. The molecule has 1 amide bonds. The van der Waals surface area contributed by atoms with E-state index >= 15 is 0 Å².